The number of likely N-dealkylation sites (N-methyl/N-ethyl adjacent to an activating group) is 1. The molecule has 0 spiro atoms. The lowest BCUT2D eigenvalue weighted by Crippen LogP contribution is -2.54. The van der Waals surface area contributed by atoms with E-state index in [1.807, 2.05) is 0 Å². The molecule has 20 heavy (non-hydrogen) atoms. The molecule has 1 heterocycles. The number of rotatable bonds is 3. The number of fused-ring (bicyclic) bond motifs is 2. The Labute approximate surface area is 129 Å². The first-order chi connectivity index (χ1) is 9.63. The molecule has 2 aliphatic carbocycles. The van der Waals surface area contributed by atoms with Crippen LogP contribution in [0.1, 0.15) is 44.9 Å². The van der Waals surface area contributed by atoms with Crippen LogP contribution in [-0.2, 0) is 0 Å². The van der Waals surface area contributed by atoms with Gasteiger partial charge in [0.15, 0.2) is 5.11 Å². The van der Waals surface area contributed by atoms with Crippen molar-refractivity contribution < 1.29 is 0 Å². The average molecular weight is 295 g/mol. The highest BCUT2D eigenvalue weighted by molar-refractivity contribution is 7.80. The van der Waals surface area contributed by atoms with Crippen molar-refractivity contribution in [2.75, 3.05) is 27.2 Å². The zero-order valence-corrected chi connectivity index (χ0v) is 13.8. The molecule has 0 aromatic rings. The van der Waals surface area contributed by atoms with Crippen molar-refractivity contribution in [3.8, 4) is 0 Å². The number of hydrogen-bond acceptors (Lipinski definition) is 2. The second kappa shape index (κ2) is 6.18. The van der Waals surface area contributed by atoms with Crippen molar-refractivity contribution in [1.82, 2.24) is 15.1 Å². The van der Waals surface area contributed by atoms with Gasteiger partial charge in [-0.05, 0) is 76.7 Å². The van der Waals surface area contributed by atoms with Gasteiger partial charge in [0.2, 0.25) is 0 Å². The third-order valence-electron chi connectivity index (χ3n) is 5.51. The first-order valence-corrected chi connectivity index (χ1v) is 8.76. The Balaban J connectivity index is 1.57. The molecule has 3 rings (SSSR count). The van der Waals surface area contributed by atoms with Gasteiger partial charge in [-0.15, -0.1) is 0 Å². The molecule has 0 unspecified atom stereocenters. The quantitative estimate of drug-likeness (QED) is 0.806. The monoisotopic (exact) mass is 295 g/mol. The molecule has 3 fully saturated rings. The Bertz CT molecular complexity index is 358. The van der Waals surface area contributed by atoms with Crippen molar-refractivity contribution in [1.29, 1.82) is 0 Å². The van der Waals surface area contributed by atoms with Crippen molar-refractivity contribution in [3.63, 3.8) is 0 Å². The van der Waals surface area contributed by atoms with Gasteiger partial charge in [0.1, 0.15) is 0 Å². The molecule has 3 aliphatic rings. The highest BCUT2D eigenvalue weighted by Crippen LogP contribution is 2.44. The molecule has 4 heteroatoms. The molecule has 0 radical (unpaired) electrons. The van der Waals surface area contributed by atoms with Gasteiger partial charge in [0, 0.05) is 25.2 Å². The molecule has 1 N–H and O–H groups in total. The van der Waals surface area contributed by atoms with Crippen LogP contribution >= 0.6 is 12.2 Å². The van der Waals surface area contributed by atoms with Crippen LogP contribution in [-0.4, -0.2) is 54.2 Å². The molecule has 0 aromatic heterocycles. The number of piperidine rings is 1. The third kappa shape index (κ3) is 3.11. The van der Waals surface area contributed by atoms with E-state index in [2.05, 4.69) is 29.2 Å². The number of nitrogens with one attached hydrogen (secondary N) is 1. The first kappa shape index (κ1) is 14.6. The van der Waals surface area contributed by atoms with Gasteiger partial charge in [0.05, 0.1) is 0 Å². The number of thiocarbonyl (C=S) groups is 1. The van der Waals surface area contributed by atoms with E-state index in [0.717, 1.165) is 30.0 Å². The summed E-state index contributed by atoms with van der Waals surface area (Å²) >= 11 is 5.75. The minimum atomic E-state index is 0.609. The average Bonchev–Trinajstić information content (AvgIpc) is 3.00. The van der Waals surface area contributed by atoms with Gasteiger partial charge >= 0.3 is 0 Å². The summed E-state index contributed by atoms with van der Waals surface area (Å²) in [6.45, 7) is 2.27. The zero-order valence-electron chi connectivity index (χ0n) is 13.0. The maximum atomic E-state index is 5.75. The molecule has 3 nitrogen and oxygen atoms in total. The molecule has 4 atom stereocenters. The molecule has 1 saturated heterocycles. The van der Waals surface area contributed by atoms with E-state index in [1.165, 1.54) is 44.9 Å². The zero-order chi connectivity index (χ0) is 14.1. The fourth-order valence-electron chi connectivity index (χ4n) is 4.54. The third-order valence-corrected chi connectivity index (χ3v) is 5.86. The Morgan fingerprint density at radius 2 is 2.05 bits per heavy atom. The van der Waals surface area contributed by atoms with Crippen molar-refractivity contribution in [2.24, 2.45) is 11.8 Å². The summed E-state index contributed by atoms with van der Waals surface area (Å²) in [5, 5.41) is 4.76. The van der Waals surface area contributed by atoms with Gasteiger partial charge in [0.25, 0.3) is 0 Å². The summed E-state index contributed by atoms with van der Waals surface area (Å²) in [4.78, 5) is 4.77. The summed E-state index contributed by atoms with van der Waals surface area (Å²) in [5.74, 6) is 1.88. The number of likely N-dealkylation sites (tertiary alicyclic amines) is 1. The van der Waals surface area contributed by atoms with Gasteiger partial charge in [-0.1, -0.05) is 6.42 Å². The molecule has 2 saturated carbocycles. The van der Waals surface area contributed by atoms with Crippen molar-refractivity contribution in [3.05, 3.63) is 0 Å². The van der Waals surface area contributed by atoms with E-state index < -0.39 is 0 Å². The van der Waals surface area contributed by atoms with E-state index in [0.29, 0.717) is 12.1 Å². The van der Waals surface area contributed by atoms with Gasteiger partial charge in [-0.2, -0.15) is 0 Å². The predicted molar refractivity (Wildman–Crippen MR) is 87.9 cm³/mol. The lowest BCUT2D eigenvalue weighted by atomic mass is 9.95. The normalized spacial score (nSPS) is 36.6. The Morgan fingerprint density at radius 3 is 2.70 bits per heavy atom. The molecule has 1 aliphatic heterocycles. The lowest BCUT2D eigenvalue weighted by Gasteiger charge is -2.40. The smallest absolute Gasteiger partial charge is 0.169 e. The predicted octanol–water partition coefficient (Wildman–Crippen LogP) is 2.47. The SMILES string of the molecule is CN(C)C[C@H]1CCCCN1C(=S)N[C@H]1C[C@H]2CC[C@H]1C2. The van der Waals surface area contributed by atoms with Crippen molar-refractivity contribution >= 4 is 17.3 Å². The van der Waals surface area contributed by atoms with Crippen LogP contribution in [0.5, 0.6) is 0 Å². The van der Waals surface area contributed by atoms with Crippen LogP contribution in [0.2, 0.25) is 0 Å². The van der Waals surface area contributed by atoms with Gasteiger partial charge in [-0.3, -0.25) is 0 Å². The van der Waals surface area contributed by atoms with E-state index in [4.69, 9.17) is 12.2 Å². The molecular weight excluding hydrogens is 266 g/mol. The Hall–Kier alpha value is -0.350. The maximum absolute atomic E-state index is 5.75. The van der Waals surface area contributed by atoms with Crippen molar-refractivity contribution in [2.45, 2.75) is 57.0 Å². The molecule has 114 valence electrons. The van der Waals surface area contributed by atoms with Crippen LogP contribution in [0.25, 0.3) is 0 Å². The van der Waals surface area contributed by atoms with E-state index in [1.54, 1.807) is 0 Å². The van der Waals surface area contributed by atoms with E-state index >= 15 is 0 Å². The second-order valence-corrected chi connectivity index (χ2v) is 7.72. The van der Waals surface area contributed by atoms with Gasteiger partial charge < -0.3 is 15.1 Å². The minimum absolute atomic E-state index is 0.609. The largest absolute Gasteiger partial charge is 0.360 e. The van der Waals surface area contributed by atoms with E-state index in [-0.39, 0.29) is 0 Å². The minimum Gasteiger partial charge on any atom is -0.360 e. The van der Waals surface area contributed by atoms with Crippen LogP contribution in [0, 0.1) is 11.8 Å². The highest BCUT2D eigenvalue weighted by Gasteiger charge is 2.40. The lowest BCUT2D eigenvalue weighted by molar-refractivity contribution is 0.190. The number of nitrogens with zero attached hydrogens (tertiary/aromatic N) is 2. The molecule has 2 bridgehead atoms. The van der Waals surface area contributed by atoms with Crippen LogP contribution < -0.4 is 5.32 Å². The maximum Gasteiger partial charge on any atom is 0.169 e. The topological polar surface area (TPSA) is 18.5 Å². The van der Waals surface area contributed by atoms with Crippen LogP contribution in [0.3, 0.4) is 0 Å². The summed E-state index contributed by atoms with van der Waals surface area (Å²) in [6, 6.07) is 1.28. The Morgan fingerprint density at radius 1 is 1.20 bits per heavy atom. The Kier molecular flexibility index (Phi) is 4.51. The molecular formula is C16H29N3S. The standard InChI is InChI=1S/C16H29N3S/c1-18(2)11-14-5-3-4-8-19(14)16(20)17-15-10-12-6-7-13(15)9-12/h12-15H,3-11H2,1-2H3,(H,17,20)/t12-,13-,14+,15-/m0/s1. The van der Waals surface area contributed by atoms with Crippen LogP contribution in [0.15, 0.2) is 0 Å². The highest BCUT2D eigenvalue weighted by atomic mass is 32.1. The molecule has 0 aromatic carbocycles. The number of hydrogen-bond donors (Lipinski definition) is 1. The fraction of sp³-hybridized carbons (Fsp3) is 0.938. The van der Waals surface area contributed by atoms with Gasteiger partial charge in [-0.25, -0.2) is 0 Å². The fourth-order valence-corrected chi connectivity index (χ4v) is 4.93. The molecule has 0 amide bonds. The first-order valence-electron chi connectivity index (χ1n) is 8.35. The summed E-state index contributed by atoms with van der Waals surface area (Å²) in [5.41, 5.74) is 0. The summed E-state index contributed by atoms with van der Waals surface area (Å²) in [7, 11) is 4.33. The summed E-state index contributed by atoms with van der Waals surface area (Å²) in [6.07, 6.45) is 9.62. The summed E-state index contributed by atoms with van der Waals surface area (Å²) < 4.78 is 0. The second-order valence-electron chi connectivity index (χ2n) is 7.34. The van der Waals surface area contributed by atoms with Crippen LogP contribution in [0.4, 0.5) is 0 Å². The van der Waals surface area contributed by atoms with E-state index in [9.17, 15) is 0 Å².